The van der Waals surface area contributed by atoms with Crippen molar-refractivity contribution in [2.45, 2.75) is 12.8 Å². The predicted octanol–water partition coefficient (Wildman–Crippen LogP) is 7.04. The number of rotatable bonds is 7. The van der Waals surface area contributed by atoms with Crippen LogP contribution in [0.1, 0.15) is 12.1 Å². The van der Waals surface area contributed by atoms with Gasteiger partial charge in [-0.05, 0) is 78.7 Å². The van der Waals surface area contributed by atoms with Gasteiger partial charge in [0.2, 0.25) is 5.91 Å². The van der Waals surface area contributed by atoms with E-state index in [1.807, 2.05) is 71.3 Å². The van der Waals surface area contributed by atoms with Gasteiger partial charge < -0.3 is 14.5 Å². The molecule has 36 heavy (non-hydrogen) atoms. The first-order chi connectivity index (χ1) is 17.5. The zero-order chi connectivity index (χ0) is 25.1. The summed E-state index contributed by atoms with van der Waals surface area (Å²) in [5, 5.41) is 3.49. The summed E-state index contributed by atoms with van der Waals surface area (Å²) in [5.74, 6) is 0.237. The Balaban J connectivity index is 1.51. The number of hydrogen-bond donors (Lipinski definition) is 1. The number of amides is 1. The van der Waals surface area contributed by atoms with Crippen molar-refractivity contribution in [1.29, 1.82) is 0 Å². The monoisotopic (exact) mass is 499 g/mol. The van der Waals surface area contributed by atoms with Crippen LogP contribution in [0.5, 0.6) is 5.75 Å². The smallest absolute Gasteiger partial charge is 0.224 e. The molecule has 1 amide bonds. The van der Waals surface area contributed by atoms with Crippen LogP contribution in [0, 0.1) is 5.82 Å². The maximum Gasteiger partial charge on any atom is 0.224 e. The highest BCUT2D eigenvalue weighted by atomic mass is 35.5. The first kappa shape index (κ1) is 23.6. The van der Waals surface area contributed by atoms with Gasteiger partial charge in [0.25, 0.3) is 0 Å². The van der Waals surface area contributed by atoms with E-state index in [4.69, 9.17) is 21.3 Å². The lowest BCUT2D eigenvalue weighted by atomic mass is 10.1. The number of carbonyl (C=O) groups is 1. The summed E-state index contributed by atoms with van der Waals surface area (Å²) in [5.41, 5.74) is 5.81. The van der Waals surface area contributed by atoms with Gasteiger partial charge in [-0.1, -0.05) is 29.8 Å². The Kier molecular flexibility index (Phi) is 6.69. The number of imidazole rings is 1. The zero-order valence-electron chi connectivity index (χ0n) is 19.5. The summed E-state index contributed by atoms with van der Waals surface area (Å²) in [4.78, 5) is 17.6. The van der Waals surface area contributed by atoms with Gasteiger partial charge >= 0.3 is 0 Å². The van der Waals surface area contributed by atoms with E-state index >= 15 is 0 Å². The van der Waals surface area contributed by atoms with E-state index in [0.29, 0.717) is 17.1 Å². The maximum absolute atomic E-state index is 13.2. The topological polar surface area (TPSA) is 55.6 Å². The van der Waals surface area contributed by atoms with Crippen LogP contribution in [0.3, 0.4) is 0 Å². The molecule has 1 N–H and O–H groups in total. The minimum absolute atomic E-state index is 0.167. The Morgan fingerprint density at radius 3 is 2.42 bits per heavy atom. The van der Waals surface area contributed by atoms with Crippen molar-refractivity contribution < 1.29 is 13.9 Å². The molecular weight excluding hydrogens is 477 g/mol. The minimum atomic E-state index is -0.350. The number of nitrogens with zero attached hydrogens (tertiary/aromatic N) is 2. The van der Waals surface area contributed by atoms with Gasteiger partial charge in [-0.3, -0.25) is 4.79 Å². The molecule has 0 saturated heterocycles. The van der Waals surface area contributed by atoms with E-state index in [-0.39, 0.29) is 18.1 Å². The van der Waals surface area contributed by atoms with Crippen LogP contribution in [-0.4, -0.2) is 22.4 Å². The molecule has 5 nitrogen and oxygen atoms in total. The van der Waals surface area contributed by atoms with E-state index in [1.54, 1.807) is 19.2 Å². The van der Waals surface area contributed by atoms with Crippen molar-refractivity contribution >= 4 is 28.8 Å². The number of anilines is 1. The number of ether oxygens (including phenoxy) is 1. The third-order valence-corrected chi connectivity index (χ3v) is 6.31. The SMILES string of the molecule is COc1ccc(-c2nc3ccc(-c4ccccc4Cl)cn3c2CCC(=O)Nc2ccc(F)cc2)cc1. The molecule has 0 aliphatic rings. The van der Waals surface area contributed by atoms with Crippen molar-refractivity contribution in [2.75, 3.05) is 12.4 Å². The minimum Gasteiger partial charge on any atom is -0.497 e. The van der Waals surface area contributed by atoms with Crippen LogP contribution in [0.15, 0.2) is 91.1 Å². The summed E-state index contributed by atoms with van der Waals surface area (Å²) >= 11 is 6.46. The van der Waals surface area contributed by atoms with Gasteiger partial charge in [0.05, 0.1) is 18.5 Å². The lowest BCUT2D eigenvalue weighted by Crippen LogP contribution is -2.13. The number of hydrogen-bond acceptors (Lipinski definition) is 3. The number of aromatic nitrogens is 2. The summed E-state index contributed by atoms with van der Waals surface area (Å²) < 4.78 is 20.5. The Morgan fingerprint density at radius 1 is 0.972 bits per heavy atom. The molecule has 0 aliphatic heterocycles. The molecule has 0 radical (unpaired) electrons. The summed E-state index contributed by atoms with van der Waals surface area (Å²) in [7, 11) is 1.63. The third-order valence-electron chi connectivity index (χ3n) is 5.98. The molecule has 0 spiro atoms. The molecule has 3 aromatic carbocycles. The Bertz CT molecular complexity index is 1530. The van der Waals surface area contributed by atoms with Gasteiger partial charge in [0, 0.05) is 34.5 Å². The molecular formula is C29H23ClFN3O2. The van der Waals surface area contributed by atoms with Crippen LogP contribution < -0.4 is 10.1 Å². The third kappa shape index (κ3) is 4.95. The number of aryl methyl sites for hydroxylation is 1. The van der Waals surface area contributed by atoms with E-state index in [9.17, 15) is 9.18 Å². The van der Waals surface area contributed by atoms with E-state index in [1.165, 1.54) is 12.1 Å². The molecule has 180 valence electrons. The number of pyridine rings is 1. The molecule has 5 rings (SSSR count). The van der Waals surface area contributed by atoms with Gasteiger partial charge in [-0.15, -0.1) is 0 Å². The maximum atomic E-state index is 13.2. The van der Waals surface area contributed by atoms with E-state index < -0.39 is 0 Å². The molecule has 0 aliphatic carbocycles. The molecule has 0 bridgehead atoms. The van der Waals surface area contributed by atoms with Crippen molar-refractivity contribution in [3.05, 3.63) is 108 Å². The fourth-order valence-corrected chi connectivity index (χ4v) is 4.40. The summed E-state index contributed by atoms with van der Waals surface area (Å²) in [6.07, 6.45) is 2.68. The number of halogens is 2. The standard InChI is InChI=1S/C29H23ClFN3O2/c1-36-23-13-6-19(7-14-23)29-26(15-17-28(35)32-22-11-9-21(31)10-12-22)34-18-20(8-16-27(34)33-29)24-4-2-3-5-25(24)30/h2-14,16,18H,15,17H2,1H3,(H,32,35). The molecule has 0 fully saturated rings. The molecule has 0 unspecified atom stereocenters. The molecule has 0 saturated carbocycles. The summed E-state index contributed by atoms with van der Waals surface area (Å²) in [6.45, 7) is 0. The number of carbonyl (C=O) groups excluding carboxylic acids is 1. The van der Waals surface area contributed by atoms with Gasteiger partial charge in [-0.25, -0.2) is 9.37 Å². The van der Waals surface area contributed by atoms with Crippen molar-refractivity contribution in [3.8, 4) is 28.1 Å². The van der Waals surface area contributed by atoms with Crippen LogP contribution in [0.25, 0.3) is 28.0 Å². The van der Waals surface area contributed by atoms with Crippen molar-refractivity contribution in [1.82, 2.24) is 9.38 Å². The number of fused-ring (bicyclic) bond motifs is 1. The Hall–Kier alpha value is -4.16. The highest BCUT2D eigenvalue weighted by Crippen LogP contribution is 2.31. The highest BCUT2D eigenvalue weighted by Gasteiger charge is 2.17. The van der Waals surface area contributed by atoms with Crippen LogP contribution >= 0.6 is 11.6 Å². The fraction of sp³-hybridized carbons (Fsp3) is 0.103. The average Bonchev–Trinajstić information content (AvgIpc) is 3.27. The van der Waals surface area contributed by atoms with Crippen LogP contribution in [-0.2, 0) is 11.2 Å². The Morgan fingerprint density at radius 2 is 1.69 bits per heavy atom. The van der Waals surface area contributed by atoms with Gasteiger partial charge in [0.15, 0.2) is 0 Å². The average molecular weight is 500 g/mol. The predicted molar refractivity (Wildman–Crippen MR) is 141 cm³/mol. The molecule has 2 aromatic heterocycles. The highest BCUT2D eigenvalue weighted by molar-refractivity contribution is 6.33. The van der Waals surface area contributed by atoms with Crippen molar-refractivity contribution in [2.24, 2.45) is 0 Å². The summed E-state index contributed by atoms with van der Waals surface area (Å²) in [6, 6.07) is 25.0. The van der Waals surface area contributed by atoms with Gasteiger partial charge in [0.1, 0.15) is 17.2 Å². The largest absolute Gasteiger partial charge is 0.497 e. The molecule has 0 atom stereocenters. The van der Waals surface area contributed by atoms with E-state index in [0.717, 1.165) is 39.5 Å². The first-order valence-electron chi connectivity index (χ1n) is 11.5. The zero-order valence-corrected chi connectivity index (χ0v) is 20.3. The Labute approximate surface area is 213 Å². The van der Waals surface area contributed by atoms with Crippen LogP contribution in [0.2, 0.25) is 5.02 Å². The first-order valence-corrected chi connectivity index (χ1v) is 11.9. The van der Waals surface area contributed by atoms with Gasteiger partial charge in [-0.2, -0.15) is 0 Å². The quantitative estimate of drug-likeness (QED) is 0.261. The van der Waals surface area contributed by atoms with Crippen LogP contribution in [0.4, 0.5) is 10.1 Å². The second-order valence-electron chi connectivity index (χ2n) is 8.32. The second-order valence-corrected chi connectivity index (χ2v) is 8.72. The van der Waals surface area contributed by atoms with E-state index in [2.05, 4.69) is 5.32 Å². The number of nitrogens with one attached hydrogen (secondary N) is 1. The number of methoxy groups -OCH3 is 1. The fourth-order valence-electron chi connectivity index (χ4n) is 4.16. The second kappa shape index (κ2) is 10.2. The molecule has 5 aromatic rings. The molecule has 2 heterocycles. The normalized spacial score (nSPS) is 11.0. The molecule has 7 heteroatoms. The number of benzene rings is 3. The van der Waals surface area contributed by atoms with Crippen molar-refractivity contribution in [3.63, 3.8) is 0 Å². The lowest BCUT2D eigenvalue weighted by molar-refractivity contribution is -0.116. The lowest BCUT2D eigenvalue weighted by Gasteiger charge is -2.09.